The molecule has 0 saturated heterocycles. The number of methoxy groups -OCH3 is 1. The van der Waals surface area contributed by atoms with Crippen molar-refractivity contribution in [3.63, 3.8) is 0 Å². The second-order valence-corrected chi connectivity index (χ2v) is 5.84. The fraction of sp³-hybridized carbons (Fsp3) is 0.0952. The van der Waals surface area contributed by atoms with Crippen molar-refractivity contribution < 1.29 is 4.74 Å². The topological polar surface area (TPSA) is 47.9 Å². The second-order valence-electron chi connectivity index (χ2n) is 5.84. The van der Waals surface area contributed by atoms with Gasteiger partial charge in [0.2, 0.25) is 0 Å². The van der Waals surface area contributed by atoms with Gasteiger partial charge in [-0.1, -0.05) is 18.2 Å². The van der Waals surface area contributed by atoms with E-state index in [1.165, 1.54) is 0 Å². The van der Waals surface area contributed by atoms with E-state index in [4.69, 9.17) is 9.72 Å². The van der Waals surface area contributed by atoms with Gasteiger partial charge in [0.25, 0.3) is 0 Å². The molecule has 0 fully saturated rings. The molecule has 0 unspecified atom stereocenters. The second kappa shape index (κ2) is 6.32. The van der Waals surface area contributed by atoms with Crippen LogP contribution in [0.5, 0.6) is 5.75 Å². The number of fused-ring (bicyclic) bond motifs is 1. The molecule has 25 heavy (non-hydrogen) atoms. The molecule has 4 aromatic rings. The number of hydrogen-bond acceptors (Lipinski definition) is 4. The average Bonchev–Trinajstić information content (AvgIpc) is 2.68. The molecule has 0 spiro atoms. The van der Waals surface area contributed by atoms with Crippen LogP contribution >= 0.6 is 0 Å². The van der Waals surface area contributed by atoms with E-state index in [0.717, 1.165) is 39.0 Å². The van der Waals surface area contributed by atoms with Gasteiger partial charge in [0, 0.05) is 29.0 Å². The van der Waals surface area contributed by atoms with Gasteiger partial charge in [0.15, 0.2) is 5.82 Å². The van der Waals surface area contributed by atoms with Crippen LogP contribution in [0.2, 0.25) is 0 Å². The fourth-order valence-electron chi connectivity index (χ4n) is 2.89. The van der Waals surface area contributed by atoms with Gasteiger partial charge in [-0.15, -0.1) is 0 Å². The number of hydrogen-bond donors (Lipinski definition) is 0. The van der Waals surface area contributed by atoms with Crippen LogP contribution in [0.3, 0.4) is 0 Å². The molecule has 4 heteroatoms. The van der Waals surface area contributed by atoms with Crippen molar-refractivity contribution in [3.8, 4) is 28.3 Å². The van der Waals surface area contributed by atoms with Crippen LogP contribution in [0.1, 0.15) is 5.69 Å². The third-order valence-corrected chi connectivity index (χ3v) is 4.21. The Hall–Kier alpha value is -3.27. The number of rotatable bonds is 3. The summed E-state index contributed by atoms with van der Waals surface area (Å²) in [4.78, 5) is 13.5. The van der Waals surface area contributed by atoms with E-state index in [0.29, 0.717) is 5.82 Å². The zero-order valence-corrected chi connectivity index (χ0v) is 14.1. The van der Waals surface area contributed by atoms with E-state index in [2.05, 4.69) is 28.2 Å². The molecule has 2 heterocycles. The summed E-state index contributed by atoms with van der Waals surface area (Å²) < 4.78 is 5.32. The van der Waals surface area contributed by atoms with E-state index in [1.54, 1.807) is 19.5 Å². The summed E-state index contributed by atoms with van der Waals surface area (Å²) in [6.07, 6.45) is 3.53. The van der Waals surface area contributed by atoms with Crippen molar-refractivity contribution >= 4 is 10.9 Å². The maximum Gasteiger partial charge on any atom is 0.161 e. The molecular formula is C21H17N3O. The summed E-state index contributed by atoms with van der Waals surface area (Å²) in [7, 11) is 1.68. The number of aryl methyl sites for hydroxylation is 1. The Morgan fingerprint density at radius 2 is 1.68 bits per heavy atom. The lowest BCUT2D eigenvalue weighted by Gasteiger charge is -2.09. The molecule has 4 rings (SSSR count). The zero-order valence-electron chi connectivity index (χ0n) is 14.1. The Morgan fingerprint density at radius 3 is 2.48 bits per heavy atom. The van der Waals surface area contributed by atoms with Crippen LogP contribution in [0, 0.1) is 6.92 Å². The number of pyridine rings is 1. The highest BCUT2D eigenvalue weighted by atomic mass is 16.5. The van der Waals surface area contributed by atoms with Crippen molar-refractivity contribution in [2.24, 2.45) is 0 Å². The molecular weight excluding hydrogens is 310 g/mol. The van der Waals surface area contributed by atoms with Crippen LogP contribution in [0.15, 0.2) is 67.0 Å². The van der Waals surface area contributed by atoms with E-state index in [1.807, 2.05) is 43.3 Å². The highest BCUT2D eigenvalue weighted by molar-refractivity contribution is 5.87. The zero-order chi connectivity index (χ0) is 17.2. The number of nitrogens with zero attached hydrogens (tertiary/aromatic N) is 3. The predicted molar refractivity (Wildman–Crippen MR) is 99.5 cm³/mol. The van der Waals surface area contributed by atoms with E-state index >= 15 is 0 Å². The van der Waals surface area contributed by atoms with Gasteiger partial charge in [-0.05, 0) is 54.4 Å². The summed E-state index contributed by atoms with van der Waals surface area (Å²) in [5.41, 5.74) is 5.03. The van der Waals surface area contributed by atoms with Crippen molar-refractivity contribution in [2.45, 2.75) is 6.92 Å². The largest absolute Gasteiger partial charge is 0.497 e. The molecule has 122 valence electrons. The van der Waals surface area contributed by atoms with Crippen LogP contribution in [0.4, 0.5) is 0 Å². The Labute approximate surface area is 146 Å². The lowest BCUT2D eigenvalue weighted by atomic mass is 10.0. The number of benzene rings is 2. The van der Waals surface area contributed by atoms with Gasteiger partial charge in [0.05, 0.1) is 12.6 Å². The van der Waals surface area contributed by atoms with Crippen molar-refractivity contribution in [1.82, 2.24) is 15.0 Å². The predicted octanol–water partition coefficient (Wildman–Crippen LogP) is 4.68. The van der Waals surface area contributed by atoms with Crippen molar-refractivity contribution in [3.05, 3.63) is 72.7 Å². The van der Waals surface area contributed by atoms with E-state index < -0.39 is 0 Å². The molecule has 0 N–H and O–H groups in total. The van der Waals surface area contributed by atoms with Gasteiger partial charge in [-0.25, -0.2) is 9.97 Å². The Kier molecular flexibility index (Phi) is 3.86. The molecule has 0 atom stereocenters. The summed E-state index contributed by atoms with van der Waals surface area (Å²) in [6.45, 7) is 2.01. The van der Waals surface area contributed by atoms with Gasteiger partial charge in [0.1, 0.15) is 5.75 Å². The smallest absolute Gasteiger partial charge is 0.161 e. The lowest BCUT2D eigenvalue weighted by Crippen LogP contribution is -1.95. The van der Waals surface area contributed by atoms with E-state index in [-0.39, 0.29) is 0 Å². The highest BCUT2D eigenvalue weighted by Gasteiger charge is 2.09. The first-order chi connectivity index (χ1) is 12.2. The summed E-state index contributed by atoms with van der Waals surface area (Å²) in [5, 5.41) is 1.05. The van der Waals surface area contributed by atoms with Crippen LogP contribution < -0.4 is 4.74 Å². The normalized spacial score (nSPS) is 10.8. The van der Waals surface area contributed by atoms with Crippen LogP contribution in [-0.2, 0) is 0 Å². The third-order valence-electron chi connectivity index (χ3n) is 4.21. The summed E-state index contributed by atoms with van der Waals surface area (Å²) >= 11 is 0. The van der Waals surface area contributed by atoms with Gasteiger partial charge in [-0.3, -0.25) is 4.98 Å². The van der Waals surface area contributed by atoms with Crippen LogP contribution in [-0.4, -0.2) is 22.1 Å². The molecule has 0 radical (unpaired) electrons. The molecule has 0 amide bonds. The molecule has 4 nitrogen and oxygen atoms in total. The van der Waals surface area contributed by atoms with Crippen molar-refractivity contribution in [2.75, 3.05) is 7.11 Å². The Bertz CT molecular complexity index is 1050. The molecule has 2 aromatic heterocycles. The fourth-order valence-corrected chi connectivity index (χ4v) is 2.89. The van der Waals surface area contributed by atoms with Gasteiger partial charge >= 0.3 is 0 Å². The average molecular weight is 327 g/mol. The molecule has 0 aliphatic heterocycles. The minimum Gasteiger partial charge on any atom is -0.497 e. The summed E-state index contributed by atoms with van der Waals surface area (Å²) in [6, 6.07) is 18.2. The van der Waals surface area contributed by atoms with Crippen molar-refractivity contribution in [1.29, 1.82) is 0 Å². The number of ether oxygens (including phenoxy) is 1. The summed E-state index contributed by atoms with van der Waals surface area (Å²) in [5.74, 6) is 1.55. The first-order valence-corrected chi connectivity index (χ1v) is 8.08. The maximum absolute atomic E-state index is 5.32. The molecule has 0 aliphatic rings. The first kappa shape index (κ1) is 15.3. The molecule has 2 aromatic carbocycles. The molecule has 0 aliphatic carbocycles. The third kappa shape index (κ3) is 2.94. The minimum atomic E-state index is 0.701. The SMILES string of the molecule is COc1cccc(-c2ccc3nc(-c4cccnc4)nc(C)c3c2)c1. The maximum atomic E-state index is 5.32. The minimum absolute atomic E-state index is 0.701. The van der Waals surface area contributed by atoms with E-state index in [9.17, 15) is 0 Å². The molecule has 0 saturated carbocycles. The highest BCUT2D eigenvalue weighted by Crippen LogP contribution is 2.28. The monoisotopic (exact) mass is 327 g/mol. The Balaban J connectivity index is 1.83. The Morgan fingerprint density at radius 1 is 0.840 bits per heavy atom. The van der Waals surface area contributed by atoms with Crippen LogP contribution in [0.25, 0.3) is 33.4 Å². The molecule has 0 bridgehead atoms. The van der Waals surface area contributed by atoms with Gasteiger partial charge < -0.3 is 4.74 Å². The standard InChI is InChI=1S/C21H17N3O/c1-14-19-12-16(15-5-3-7-18(11-15)25-2)8-9-20(19)24-21(23-14)17-6-4-10-22-13-17/h3-13H,1-2H3. The van der Waals surface area contributed by atoms with Gasteiger partial charge in [-0.2, -0.15) is 0 Å². The first-order valence-electron chi connectivity index (χ1n) is 8.08. The quantitative estimate of drug-likeness (QED) is 0.548. The number of aromatic nitrogens is 3. The lowest BCUT2D eigenvalue weighted by molar-refractivity contribution is 0.415.